The first kappa shape index (κ1) is 15.6. The van der Waals surface area contributed by atoms with Gasteiger partial charge < -0.3 is 0 Å². The van der Waals surface area contributed by atoms with Crippen molar-refractivity contribution in [3.05, 3.63) is 52.4 Å². The molecule has 0 spiro atoms. The van der Waals surface area contributed by atoms with Gasteiger partial charge in [0.2, 0.25) is 0 Å². The number of nitrogens with zero attached hydrogens (tertiary/aromatic N) is 1. The summed E-state index contributed by atoms with van der Waals surface area (Å²) in [4.78, 5) is 26.1. The van der Waals surface area contributed by atoms with E-state index in [9.17, 15) is 9.59 Å². The smallest absolute Gasteiger partial charge is 0.268 e. The average Bonchev–Trinajstić information content (AvgIpc) is 2.73. The van der Waals surface area contributed by atoms with Crippen molar-refractivity contribution in [3.8, 4) is 0 Å². The molecular weight excluding hydrogens is 282 g/mol. The highest BCUT2D eigenvalue weighted by molar-refractivity contribution is 8.18. The highest BCUT2D eigenvalue weighted by Gasteiger charge is 2.37. The standard InChI is InChI=1S/C17H19NO2S/c1-4-13(3)18-16(19)15(21-17(18)20)11-12(2)10-14-8-6-5-7-9-14/h5-11,13H,4H2,1-3H3/b12-10+,15-11+/t13-/m0/s1. The average molecular weight is 301 g/mol. The van der Waals surface area contributed by atoms with Gasteiger partial charge in [-0.1, -0.05) is 43.3 Å². The number of hydrogen-bond donors (Lipinski definition) is 0. The lowest BCUT2D eigenvalue weighted by Crippen LogP contribution is -2.36. The number of hydrogen-bond acceptors (Lipinski definition) is 3. The molecule has 1 aliphatic rings. The lowest BCUT2D eigenvalue weighted by Gasteiger charge is -2.19. The molecule has 1 atom stereocenters. The maximum absolute atomic E-state index is 12.3. The van der Waals surface area contributed by atoms with Crippen molar-refractivity contribution < 1.29 is 9.59 Å². The molecule has 4 heteroatoms. The first-order valence-electron chi connectivity index (χ1n) is 7.03. The van der Waals surface area contributed by atoms with E-state index in [4.69, 9.17) is 0 Å². The minimum Gasteiger partial charge on any atom is -0.268 e. The van der Waals surface area contributed by atoms with Crippen LogP contribution in [0.25, 0.3) is 6.08 Å². The minimum absolute atomic E-state index is 0.0539. The summed E-state index contributed by atoms with van der Waals surface area (Å²) in [6.07, 6.45) is 4.56. The van der Waals surface area contributed by atoms with Gasteiger partial charge in [0.15, 0.2) is 0 Å². The number of carbonyl (C=O) groups excluding carboxylic acids is 2. The van der Waals surface area contributed by atoms with Gasteiger partial charge in [-0.15, -0.1) is 0 Å². The molecule has 0 aliphatic carbocycles. The number of carbonyl (C=O) groups is 2. The Bertz CT molecular complexity index is 604. The summed E-state index contributed by atoms with van der Waals surface area (Å²) in [5, 5.41) is -0.173. The number of rotatable bonds is 4. The lowest BCUT2D eigenvalue weighted by atomic mass is 10.1. The molecule has 0 saturated carbocycles. The Morgan fingerprint density at radius 1 is 1.29 bits per heavy atom. The molecule has 0 bridgehead atoms. The molecule has 0 radical (unpaired) electrons. The number of allylic oxidation sites excluding steroid dienone is 2. The summed E-state index contributed by atoms with van der Waals surface area (Å²) in [7, 11) is 0. The van der Waals surface area contributed by atoms with E-state index in [1.165, 1.54) is 4.90 Å². The number of thioether (sulfide) groups is 1. The summed E-state index contributed by atoms with van der Waals surface area (Å²) in [6.45, 7) is 5.80. The van der Waals surface area contributed by atoms with E-state index in [2.05, 4.69) is 0 Å². The maximum atomic E-state index is 12.3. The van der Waals surface area contributed by atoms with E-state index in [1.807, 2.05) is 57.2 Å². The summed E-state index contributed by atoms with van der Waals surface area (Å²) >= 11 is 1.02. The Kier molecular flexibility index (Phi) is 5.02. The molecule has 3 nitrogen and oxygen atoms in total. The number of amides is 2. The minimum atomic E-state index is -0.180. The molecule has 1 aliphatic heterocycles. The third-order valence-electron chi connectivity index (χ3n) is 3.41. The van der Waals surface area contributed by atoms with Gasteiger partial charge in [0.25, 0.3) is 11.1 Å². The van der Waals surface area contributed by atoms with Crippen molar-refractivity contribution in [1.82, 2.24) is 4.90 Å². The van der Waals surface area contributed by atoms with Crippen LogP contribution < -0.4 is 0 Å². The summed E-state index contributed by atoms with van der Waals surface area (Å²) in [6, 6.07) is 9.85. The van der Waals surface area contributed by atoms with Gasteiger partial charge >= 0.3 is 0 Å². The van der Waals surface area contributed by atoms with Gasteiger partial charge in [-0.2, -0.15) is 0 Å². The monoisotopic (exact) mass is 301 g/mol. The van der Waals surface area contributed by atoms with Crippen LogP contribution in [0.3, 0.4) is 0 Å². The quantitative estimate of drug-likeness (QED) is 0.770. The highest BCUT2D eigenvalue weighted by atomic mass is 32.2. The van der Waals surface area contributed by atoms with Crippen molar-refractivity contribution in [3.63, 3.8) is 0 Å². The predicted octanol–water partition coefficient (Wildman–Crippen LogP) is 4.47. The SMILES string of the molecule is CC[C@H](C)N1C(=O)S/C(=C/C(C)=C/c2ccccc2)C1=O. The van der Waals surface area contributed by atoms with Crippen LogP contribution in [-0.2, 0) is 4.79 Å². The summed E-state index contributed by atoms with van der Waals surface area (Å²) < 4.78 is 0. The van der Waals surface area contributed by atoms with Crippen LogP contribution in [0.15, 0.2) is 46.9 Å². The lowest BCUT2D eigenvalue weighted by molar-refractivity contribution is -0.124. The van der Waals surface area contributed by atoms with Gasteiger partial charge in [-0.25, -0.2) is 0 Å². The fourth-order valence-electron chi connectivity index (χ4n) is 2.10. The number of benzene rings is 1. The van der Waals surface area contributed by atoms with Gasteiger partial charge in [-0.05, 0) is 49.2 Å². The molecule has 110 valence electrons. The van der Waals surface area contributed by atoms with Gasteiger partial charge in [0, 0.05) is 6.04 Å². The molecule has 2 rings (SSSR count). The fourth-order valence-corrected chi connectivity index (χ4v) is 3.08. The molecule has 1 fully saturated rings. The zero-order valence-electron chi connectivity index (χ0n) is 12.5. The van der Waals surface area contributed by atoms with Crippen molar-refractivity contribution in [2.24, 2.45) is 0 Å². The van der Waals surface area contributed by atoms with Crippen LogP contribution >= 0.6 is 11.8 Å². The van der Waals surface area contributed by atoms with Crippen LogP contribution in [0, 0.1) is 0 Å². The third kappa shape index (κ3) is 3.64. The molecule has 0 aromatic heterocycles. The molecule has 21 heavy (non-hydrogen) atoms. The molecular formula is C17H19NO2S. The van der Waals surface area contributed by atoms with Crippen LogP contribution in [0.4, 0.5) is 4.79 Å². The normalized spacial score (nSPS) is 19.5. The number of imide groups is 1. The van der Waals surface area contributed by atoms with E-state index >= 15 is 0 Å². The molecule has 1 aromatic rings. The second kappa shape index (κ2) is 6.76. The third-order valence-corrected chi connectivity index (χ3v) is 4.29. The van der Waals surface area contributed by atoms with Gasteiger partial charge in [0.05, 0.1) is 4.91 Å². The molecule has 2 amide bonds. The zero-order chi connectivity index (χ0) is 15.4. The summed E-state index contributed by atoms with van der Waals surface area (Å²) in [5.41, 5.74) is 2.03. The van der Waals surface area contributed by atoms with Gasteiger partial charge in [-0.3, -0.25) is 14.5 Å². The Morgan fingerprint density at radius 3 is 2.57 bits per heavy atom. The van der Waals surface area contributed by atoms with Crippen molar-refractivity contribution in [2.75, 3.05) is 0 Å². The molecule has 0 N–H and O–H groups in total. The second-order valence-electron chi connectivity index (χ2n) is 5.11. The maximum Gasteiger partial charge on any atom is 0.293 e. The Balaban J connectivity index is 2.21. The van der Waals surface area contributed by atoms with Gasteiger partial charge in [0.1, 0.15) is 0 Å². The van der Waals surface area contributed by atoms with Crippen molar-refractivity contribution >= 4 is 29.0 Å². The predicted molar refractivity (Wildman–Crippen MR) is 87.8 cm³/mol. The van der Waals surface area contributed by atoms with Crippen LogP contribution in [0.1, 0.15) is 32.8 Å². The molecule has 1 aromatic carbocycles. The molecule has 1 saturated heterocycles. The first-order chi connectivity index (χ1) is 10.0. The van der Waals surface area contributed by atoms with E-state index in [1.54, 1.807) is 6.08 Å². The summed E-state index contributed by atoms with van der Waals surface area (Å²) in [5.74, 6) is -0.180. The van der Waals surface area contributed by atoms with E-state index < -0.39 is 0 Å². The Labute approximate surface area is 129 Å². The Morgan fingerprint density at radius 2 is 1.95 bits per heavy atom. The van der Waals surface area contributed by atoms with Crippen molar-refractivity contribution in [1.29, 1.82) is 0 Å². The van der Waals surface area contributed by atoms with Crippen molar-refractivity contribution in [2.45, 2.75) is 33.2 Å². The topological polar surface area (TPSA) is 37.4 Å². The zero-order valence-corrected chi connectivity index (χ0v) is 13.3. The van der Waals surface area contributed by atoms with Crippen LogP contribution in [0.5, 0.6) is 0 Å². The highest BCUT2D eigenvalue weighted by Crippen LogP contribution is 2.33. The molecule has 0 unspecified atom stereocenters. The molecule has 1 heterocycles. The largest absolute Gasteiger partial charge is 0.293 e. The first-order valence-corrected chi connectivity index (χ1v) is 7.85. The van der Waals surface area contributed by atoms with E-state index in [-0.39, 0.29) is 17.2 Å². The fraction of sp³-hybridized carbons (Fsp3) is 0.294. The van der Waals surface area contributed by atoms with E-state index in [0.717, 1.165) is 29.3 Å². The second-order valence-corrected chi connectivity index (χ2v) is 6.10. The van der Waals surface area contributed by atoms with Crippen LogP contribution in [-0.4, -0.2) is 22.1 Å². The Hall–Kier alpha value is -1.81. The van der Waals surface area contributed by atoms with Crippen LogP contribution in [0.2, 0.25) is 0 Å². The van der Waals surface area contributed by atoms with E-state index in [0.29, 0.717) is 4.91 Å².